The molecule has 0 radical (unpaired) electrons. The lowest BCUT2D eigenvalue weighted by atomic mass is 10.1. The predicted octanol–water partition coefficient (Wildman–Crippen LogP) is 1.19. The number of methoxy groups -OCH3 is 1. The number of aromatic nitrogens is 1. The Balaban J connectivity index is 1.74. The van der Waals surface area contributed by atoms with Crippen molar-refractivity contribution in [3.8, 4) is 0 Å². The number of hydrogen-bond acceptors (Lipinski definition) is 4. The fraction of sp³-hybridized carbons (Fsp3) is 0.350. The largest absolute Gasteiger partial charge is 0.383 e. The molecule has 1 N–H and O–H groups in total. The van der Waals surface area contributed by atoms with E-state index in [1.807, 2.05) is 31.2 Å². The molecule has 0 bridgehead atoms. The number of rotatable bonds is 6. The van der Waals surface area contributed by atoms with Crippen LogP contribution >= 0.6 is 0 Å². The molecule has 1 aromatic carbocycles. The fourth-order valence-electron chi connectivity index (χ4n) is 3.04. The smallest absolute Gasteiger partial charge is 0.270 e. The van der Waals surface area contributed by atoms with Gasteiger partial charge in [0.25, 0.3) is 17.4 Å². The minimum Gasteiger partial charge on any atom is -0.383 e. The summed E-state index contributed by atoms with van der Waals surface area (Å²) in [6.45, 7) is 4.03. The molecule has 1 aliphatic rings. The van der Waals surface area contributed by atoms with Crippen molar-refractivity contribution in [2.24, 2.45) is 0 Å². The summed E-state index contributed by atoms with van der Waals surface area (Å²) in [5.74, 6) is -0.660. The summed E-state index contributed by atoms with van der Waals surface area (Å²) in [6.07, 6.45) is 0. The molecule has 1 aliphatic heterocycles. The number of nitrogens with zero attached hydrogens (tertiary/aromatic N) is 2. The molecule has 2 aromatic rings. The van der Waals surface area contributed by atoms with E-state index >= 15 is 0 Å². The molecule has 0 saturated heterocycles. The minimum atomic E-state index is -0.440. The summed E-state index contributed by atoms with van der Waals surface area (Å²) in [6, 6.07) is 10.8. The summed E-state index contributed by atoms with van der Waals surface area (Å²) in [4.78, 5) is 39.3. The zero-order chi connectivity index (χ0) is 19.4. The van der Waals surface area contributed by atoms with Crippen LogP contribution in [0.15, 0.2) is 41.2 Å². The number of aryl methyl sites for hydroxylation is 1. The van der Waals surface area contributed by atoms with Gasteiger partial charge < -0.3 is 19.5 Å². The Bertz CT molecular complexity index is 902. The first kappa shape index (κ1) is 18.8. The molecule has 0 unspecified atom stereocenters. The number of ether oxygens (including phenoxy) is 1. The molecular weight excluding hydrogens is 346 g/mol. The Labute approximate surface area is 157 Å². The average Bonchev–Trinajstić information content (AvgIpc) is 2.67. The number of carbonyl (C=O) groups excluding carboxylic acids is 2. The van der Waals surface area contributed by atoms with Gasteiger partial charge in [-0.25, -0.2) is 0 Å². The SMILES string of the molecule is COCCN1CCn2c(ccc(C(=O)NCc3ccc(C)cc3)c2=O)C1=O. The highest BCUT2D eigenvalue weighted by molar-refractivity contribution is 5.96. The zero-order valence-electron chi connectivity index (χ0n) is 15.5. The molecule has 7 nitrogen and oxygen atoms in total. The van der Waals surface area contributed by atoms with Gasteiger partial charge in [0.05, 0.1) is 6.61 Å². The van der Waals surface area contributed by atoms with E-state index in [1.54, 1.807) is 18.1 Å². The van der Waals surface area contributed by atoms with E-state index in [-0.39, 0.29) is 11.5 Å². The third-order valence-electron chi connectivity index (χ3n) is 4.66. The Hall–Kier alpha value is -2.93. The summed E-state index contributed by atoms with van der Waals surface area (Å²) < 4.78 is 6.39. The van der Waals surface area contributed by atoms with Gasteiger partial charge in [-0.15, -0.1) is 0 Å². The van der Waals surface area contributed by atoms with Crippen molar-refractivity contribution < 1.29 is 14.3 Å². The molecule has 3 rings (SSSR count). The van der Waals surface area contributed by atoms with Crippen molar-refractivity contribution in [1.82, 2.24) is 14.8 Å². The maximum atomic E-state index is 12.7. The molecule has 27 heavy (non-hydrogen) atoms. The van der Waals surface area contributed by atoms with Gasteiger partial charge in [-0.1, -0.05) is 29.8 Å². The number of hydrogen-bond donors (Lipinski definition) is 1. The third-order valence-corrected chi connectivity index (χ3v) is 4.66. The molecule has 0 atom stereocenters. The van der Waals surface area contributed by atoms with Crippen LogP contribution in [0, 0.1) is 6.92 Å². The molecule has 0 aliphatic carbocycles. The first-order valence-electron chi connectivity index (χ1n) is 8.87. The van der Waals surface area contributed by atoms with Gasteiger partial charge in [-0.3, -0.25) is 14.4 Å². The van der Waals surface area contributed by atoms with E-state index in [1.165, 1.54) is 10.6 Å². The number of nitrogens with one attached hydrogen (secondary N) is 1. The van der Waals surface area contributed by atoms with Crippen molar-refractivity contribution in [2.75, 3.05) is 26.8 Å². The second-order valence-corrected chi connectivity index (χ2v) is 6.54. The highest BCUT2D eigenvalue weighted by Crippen LogP contribution is 2.11. The van der Waals surface area contributed by atoms with Crippen LogP contribution in [0.2, 0.25) is 0 Å². The summed E-state index contributed by atoms with van der Waals surface area (Å²) in [5.41, 5.74) is 2.01. The maximum Gasteiger partial charge on any atom is 0.270 e. The van der Waals surface area contributed by atoms with E-state index in [0.717, 1.165) is 11.1 Å². The van der Waals surface area contributed by atoms with Crippen molar-refractivity contribution in [2.45, 2.75) is 20.0 Å². The van der Waals surface area contributed by atoms with E-state index in [9.17, 15) is 14.4 Å². The number of fused-ring (bicyclic) bond motifs is 1. The molecule has 142 valence electrons. The van der Waals surface area contributed by atoms with Crippen LogP contribution in [0.5, 0.6) is 0 Å². The Morgan fingerprint density at radius 3 is 2.56 bits per heavy atom. The first-order valence-corrected chi connectivity index (χ1v) is 8.87. The van der Waals surface area contributed by atoms with Gasteiger partial charge in [0, 0.05) is 33.3 Å². The predicted molar refractivity (Wildman–Crippen MR) is 101 cm³/mol. The number of benzene rings is 1. The van der Waals surface area contributed by atoms with Gasteiger partial charge >= 0.3 is 0 Å². The van der Waals surface area contributed by atoms with Gasteiger partial charge in [0.15, 0.2) is 0 Å². The quantitative estimate of drug-likeness (QED) is 0.829. The minimum absolute atomic E-state index is 0.0454. The fourth-order valence-corrected chi connectivity index (χ4v) is 3.04. The molecule has 0 fully saturated rings. The molecule has 0 spiro atoms. The van der Waals surface area contributed by atoms with Crippen molar-refractivity contribution in [3.05, 3.63) is 69.1 Å². The summed E-state index contributed by atoms with van der Waals surface area (Å²) >= 11 is 0. The van der Waals surface area contributed by atoms with Crippen LogP contribution in [0.3, 0.4) is 0 Å². The van der Waals surface area contributed by atoms with E-state index in [4.69, 9.17) is 4.74 Å². The lowest BCUT2D eigenvalue weighted by Gasteiger charge is -2.29. The normalized spacial score (nSPS) is 13.4. The average molecular weight is 369 g/mol. The van der Waals surface area contributed by atoms with Crippen LogP contribution < -0.4 is 10.9 Å². The topological polar surface area (TPSA) is 80.6 Å². The summed E-state index contributed by atoms with van der Waals surface area (Å²) in [5, 5.41) is 2.77. The van der Waals surface area contributed by atoms with Crippen molar-refractivity contribution in [1.29, 1.82) is 0 Å². The molecule has 2 heterocycles. The van der Waals surface area contributed by atoms with Gasteiger partial charge in [0.1, 0.15) is 11.3 Å². The monoisotopic (exact) mass is 369 g/mol. The zero-order valence-corrected chi connectivity index (χ0v) is 15.5. The Morgan fingerprint density at radius 1 is 1.11 bits per heavy atom. The molecule has 0 saturated carbocycles. The van der Waals surface area contributed by atoms with E-state index in [2.05, 4.69) is 5.32 Å². The molecule has 7 heteroatoms. The Morgan fingerprint density at radius 2 is 1.85 bits per heavy atom. The molecule has 2 amide bonds. The summed E-state index contributed by atoms with van der Waals surface area (Å²) in [7, 11) is 1.58. The van der Waals surface area contributed by atoms with E-state index < -0.39 is 11.5 Å². The van der Waals surface area contributed by atoms with E-state index in [0.29, 0.717) is 38.5 Å². The highest BCUT2D eigenvalue weighted by Gasteiger charge is 2.26. The number of carbonyl (C=O) groups is 2. The lowest BCUT2D eigenvalue weighted by Crippen LogP contribution is -2.46. The first-order chi connectivity index (χ1) is 13.0. The van der Waals surface area contributed by atoms with Gasteiger partial charge in [-0.05, 0) is 24.6 Å². The maximum absolute atomic E-state index is 12.7. The van der Waals surface area contributed by atoms with Crippen LogP contribution in [-0.2, 0) is 17.8 Å². The van der Waals surface area contributed by atoms with Gasteiger partial charge in [-0.2, -0.15) is 0 Å². The highest BCUT2D eigenvalue weighted by atomic mass is 16.5. The van der Waals surface area contributed by atoms with Crippen molar-refractivity contribution >= 4 is 11.8 Å². The second-order valence-electron chi connectivity index (χ2n) is 6.54. The van der Waals surface area contributed by atoms with Crippen LogP contribution in [0.4, 0.5) is 0 Å². The van der Waals surface area contributed by atoms with Crippen molar-refractivity contribution in [3.63, 3.8) is 0 Å². The van der Waals surface area contributed by atoms with Crippen LogP contribution in [0.25, 0.3) is 0 Å². The molecule has 1 aromatic heterocycles. The van der Waals surface area contributed by atoms with Crippen LogP contribution in [-0.4, -0.2) is 48.1 Å². The second kappa shape index (κ2) is 8.18. The standard InChI is InChI=1S/C20H23N3O4/c1-14-3-5-15(6-4-14)13-21-18(24)16-7-8-17-20(26)22(11-12-27-2)9-10-23(17)19(16)25/h3-8H,9-13H2,1-2H3,(H,21,24). The van der Waals surface area contributed by atoms with Gasteiger partial charge in [0.2, 0.25) is 0 Å². The number of pyridine rings is 1. The van der Waals surface area contributed by atoms with Crippen LogP contribution in [0.1, 0.15) is 32.0 Å². The lowest BCUT2D eigenvalue weighted by molar-refractivity contribution is 0.0636. The molecular formula is C20H23N3O4. The number of amides is 2. The Kier molecular flexibility index (Phi) is 5.71. The third kappa shape index (κ3) is 4.09.